The first-order chi connectivity index (χ1) is 17.9. The maximum absolute atomic E-state index is 13.1. The van der Waals surface area contributed by atoms with Crippen LogP contribution in [0, 0.1) is 6.92 Å². The predicted octanol–water partition coefficient (Wildman–Crippen LogP) is 6.06. The number of carbonyl (C=O) groups is 1. The number of imidazole rings is 1. The van der Waals surface area contributed by atoms with Crippen molar-refractivity contribution in [3.63, 3.8) is 0 Å². The highest BCUT2D eigenvalue weighted by Crippen LogP contribution is 2.38. The van der Waals surface area contributed by atoms with Crippen molar-refractivity contribution >= 4 is 33.5 Å². The van der Waals surface area contributed by atoms with E-state index in [2.05, 4.69) is 34.3 Å². The van der Waals surface area contributed by atoms with Gasteiger partial charge >= 0.3 is 5.97 Å². The van der Waals surface area contributed by atoms with E-state index in [-0.39, 0.29) is 5.60 Å². The predicted molar refractivity (Wildman–Crippen MR) is 152 cm³/mol. The van der Waals surface area contributed by atoms with Crippen LogP contribution in [-0.4, -0.2) is 58.3 Å². The highest BCUT2D eigenvalue weighted by atomic mass is 79.9. The van der Waals surface area contributed by atoms with Gasteiger partial charge in [-0.05, 0) is 59.6 Å². The third-order valence-electron chi connectivity index (χ3n) is 6.75. The summed E-state index contributed by atoms with van der Waals surface area (Å²) >= 11 is 3.56. The van der Waals surface area contributed by atoms with Crippen LogP contribution in [0.4, 0.5) is 5.82 Å². The Hall–Kier alpha value is -2.75. The zero-order valence-corrected chi connectivity index (χ0v) is 24.7. The first-order valence-electron chi connectivity index (χ1n) is 12.9. The third kappa shape index (κ3) is 6.11. The van der Waals surface area contributed by atoms with E-state index in [4.69, 9.17) is 24.2 Å². The number of rotatable bonds is 8. The Labute approximate surface area is 233 Å². The first kappa shape index (κ1) is 28.3. The molecular weight excluding hydrogens is 548 g/mol. The molecule has 0 bridgehead atoms. The van der Waals surface area contributed by atoms with E-state index in [1.807, 2.05) is 62.6 Å². The number of fused-ring (bicyclic) bond motifs is 1. The van der Waals surface area contributed by atoms with Crippen LogP contribution >= 0.6 is 15.9 Å². The topological polar surface area (TPSA) is 78.2 Å². The molecule has 9 heteroatoms. The number of nitrogens with zero attached hydrogens (tertiary/aromatic N) is 4. The fourth-order valence-electron chi connectivity index (χ4n) is 4.81. The maximum atomic E-state index is 13.1. The average molecular weight is 586 g/mol. The number of esters is 1. The maximum Gasteiger partial charge on any atom is 0.339 e. The zero-order valence-electron chi connectivity index (χ0n) is 23.1. The van der Waals surface area contributed by atoms with E-state index in [1.165, 1.54) is 7.11 Å². The monoisotopic (exact) mass is 584 g/mol. The zero-order chi connectivity index (χ0) is 27.7. The molecule has 1 fully saturated rings. The highest BCUT2D eigenvalue weighted by molar-refractivity contribution is 9.10. The molecule has 3 heterocycles. The van der Waals surface area contributed by atoms with Crippen molar-refractivity contribution in [2.75, 3.05) is 31.7 Å². The first-order valence-corrected chi connectivity index (χ1v) is 13.6. The summed E-state index contributed by atoms with van der Waals surface area (Å²) in [7, 11) is 1.38. The minimum absolute atomic E-state index is 0.244. The van der Waals surface area contributed by atoms with Crippen molar-refractivity contribution in [2.24, 2.45) is 0 Å². The molecule has 0 saturated carbocycles. The van der Waals surface area contributed by atoms with Crippen LogP contribution in [0.2, 0.25) is 0 Å². The second kappa shape index (κ2) is 11.2. The van der Waals surface area contributed by atoms with Crippen LogP contribution in [0.3, 0.4) is 0 Å². The van der Waals surface area contributed by atoms with Gasteiger partial charge < -0.3 is 19.1 Å². The molecule has 38 heavy (non-hydrogen) atoms. The standard InChI is InChI=1S/C29H37BrN4O4/c1-8-16-37-29(6)12-14-33(15-13-29)25-23(24(26(35)36-7)38-28(3,4)5)19(2)31-27-32-22(18-34(25)27)20-10-9-11-21(30)17-20/h8-11,17-18,24H,1,12-16H2,2-7H3. The van der Waals surface area contributed by atoms with Gasteiger partial charge in [-0.1, -0.05) is 34.1 Å². The Morgan fingerprint density at radius 2 is 1.97 bits per heavy atom. The van der Waals surface area contributed by atoms with Gasteiger partial charge in [0, 0.05) is 29.3 Å². The number of halogens is 1. The summed E-state index contributed by atoms with van der Waals surface area (Å²) in [6.07, 6.45) is 4.45. The van der Waals surface area contributed by atoms with Gasteiger partial charge in [-0.25, -0.2) is 14.8 Å². The van der Waals surface area contributed by atoms with Crippen molar-refractivity contribution in [3.8, 4) is 11.3 Å². The number of piperidine rings is 1. The van der Waals surface area contributed by atoms with Crippen LogP contribution in [-0.2, 0) is 19.0 Å². The second-order valence-electron chi connectivity index (χ2n) is 10.9. The van der Waals surface area contributed by atoms with E-state index < -0.39 is 17.7 Å². The molecule has 1 saturated heterocycles. The summed E-state index contributed by atoms with van der Waals surface area (Å²) in [5.41, 5.74) is 2.29. The SMILES string of the molecule is C=CCOC1(C)CCN(c2c(C(OC(C)(C)C)C(=O)OC)c(C)nc3nc(-c4cccc(Br)c4)cn23)CC1. The fourth-order valence-corrected chi connectivity index (χ4v) is 5.20. The molecule has 1 aliphatic rings. The van der Waals surface area contributed by atoms with Crippen molar-refractivity contribution in [1.29, 1.82) is 0 Å². The number of aryl methyl sites for hydroxylation is 1. The van der Waals surface area contributed by atoms with Gasteiger partial charge in [0.15, 0.2) is 6.10 Å². The third-order valence-corrected chi connectivity index (χ3v) is 7.25. The number of aromatic nitrogens is 3. The Morgan fingerprint density at radius 1 is 1.26 bits per heavy atom. The Kier molecular flexibility index (Phi) is 8.30. The lowest BCUT2D eigenvalue weighted by atomic mass is 9.92. The van der Waals surface area contributed by atoms with E-state index in [0.29, 0.717) is 23.6 Å². The quantitative estimate of drug-likeness (QED) is 0.235. The minimum atomic E-state index is -0.950. The van der Waals surface area contributed by atoms with Crippen molar-refractivity contribution in [3.05, 3.63) is 58.8 Å². The van der Waals surface area contributed by atoms with Crippen LogP contribution in [0.25, 0.3) is 17.0 Å². The molecule has 0 amide bonds. The average Bonchev–Trinajstić information content (AvgIpc) is 3.29. The lowest BCUT2D eigenvalue weighted by Gasteiger charge is -2.41. The highest BCUT2D eigenvalue weighted by Gasteiger charge is 2.38. The van der Waals surface area contributed by atoms with Gasteiger partial charge in [0.1, 0.15) is 5.82 Å². The van der Waals surface area contributed by atoms with Gasteiger partial charge in [0.05, 0.1) is 41.9 Å². The number of benzene rings is 1. The number of anilines is 1. The van der Waals surface area contributed by atoms with Gasteiger partial charge in [0.25, 0.3) is 0 Å². The molecule has 1 aromatic carbocycles. The number of carbonyl (C=O) groups excluding carboxylic acids is 1. The molecule has 4 rings (SSSR count). The molecule has 2 aromatic heterocycles. The fraction of sp³-hybridized carbons (Fsp3) is 0.483. The minimum Gasteiger partial charge on any atom is -0.467 e. The molecule has 0 spiro atoms. The molecule has 8 nitrogen and oxygen atoms in total. The number of hydrogen-bond acceptors (Lipinski definition) is 7. The second-order valence-corrected chi connectivity index (χ2v) is 11.8. The lowest BCUT2D eigenvalue weighted by Crippen LogP contribution is -2.45. The van der Waals surface area contributed by atoms with E-state index in [1.54, 1.807) is 6.08 Å². The van der Waals surface area contributed by atoms with Crippen molar-refractivity contribution < 1.29 is 19.0 Å². The number of hydrogen-bond donors (Lipinski definition) is 0. The van der Waals surface area contributed by atoms with E-state index >= 15 is 0 Å². The molecule has 1 aliphatic heterocycles. The number of ether oxygens (including phenoxy) is 3. The largest absolute Gasteiger partial charge is 0.467 e. The van der Waals surface area contributed by atoms with Gasteiger partial charge in [0.2, 0.25) is 5.78 Å². The van der Waals surface area contributed by atoms with E-state index in [0.717, 1.165) is 47.5 Å². The Bertz CT molecular complexity index is 1320. The van der Waals surface area contributed by atoms with Crippen LogP contribution in [0.1, 0.15) is 57.9 Å². The van der Waals surface area contributed by atoms with Gasteiger partial charge in [-0.15, -0.1) is 6.58 Å². The summed E-state index contributed by atoms with van der Waals surface area (Å²) in [6.45, 7) is 15.6. The summed E-state index contributed by atoms with van der Waals surface area (Å²) < 4.78 is 20.6. The summed E-state index contributed by atoms with van der Waals surface area (Å²) in [5.74, 6) is 0.937. The smallest absolute Gasteiger partial charge is 0.339 e. The molecule has 0 aliphatic carbocycles. The molecule has 0 radical (unpaired) electrons. The Morgan fingerprint density at radius 3 is 2.58 bits per heavy atom. The summed E-state index contributed by atoms with van der Waals surface area (Å²) in [6, 6.07) is 8.00. The van der Waals surface area contributed by atoms with Crippen LogP contribution in [0.15, 0.2) is 47.6 Å². The van der Waals surface area contributed by atoms with Crippen LogP contribution < -0.4 is 4.90 Å². The summed E-state index contributed by atoms with van der Waals surface area (Å²) in [4.78, 5) is 25.1. The molecule has 1 atom stereocenters. The molecular formula is C29H37BrN4O4. The van der Waals surface area contributed by atoms with Gasteiger partial charge in [-0.3, -0.25) is 4.40 Å². The molecule has 1 unspecified atom stereocenters. The summed E-state index contributed by atoms with van der Waals surface area (Å²) in [5, 5.41) is 0. The lowest BCUT2D eigenvalue weighted by molar-refractivity contribution is -0.164. The number of methoxy groups -OCH3 is 1. The van der Waals surface area contributed by atoms with Crippen LogP contribution in [0.5, 0.6) is 0 Å². The Balaban J connectivity index is 1.89. The van der Waals surface area contributed by atoms with Crippen molar-refractivity contribution in [2.45, 2.75) is 64.8 Å². The molecule has 204 valence electrons. The molecule has 0 N–H and O–H groups in total. The van der Waals surface area contributed by atoms with E-state index in [9.17, 15) is 4.79 Å². The van der Waals surface area contributed by atoms with Gasteiger partial charge in [-0.2, -0.15) is 0 Å². The van der Waals surface area contributed by atoms with Crippen molar-refractivity contribution in [1.82, 2.24) is 14.4 Å². The normalized spacial score (nSPS) is 16.4. The molecule has 3 aromatic rings.